The molecule has 1 aromatic heterocycles. The van der Waals surface area contributed by atoms with Crippen molar-refractivity contribution in [2.45, 2.75) is 69.7 Å². The third-order valence-corrected chi connectivity index (χ3v) is 6.54. The summed E-state index contributed by atoms with van der Waals surface area (Å²) in [5, 5.41) is 0. The van der Waals surface area contributed by atoms with Gasteiger partial charge >= 0.3 is 6.09 Å². The third kappa shape index (κ3) is 4.45. The molecule has 0 bridgehead atoms. The van der Waals surface area contributed by atoms with Gasteiger partial charge in [0.2, 0.25) is 0 Å². The van der Waals surface area contributed by atoms with Gasteiger partial charge in [-0.15, -0.1) is 0 Å². The van der Waals surface area contributed by atoms with Crippen LogP contribution in [0.25, 0.3) is 0 Å². The zero-order valence-electron chi connectivity index (χ0n) is 16.6. The average molecular weight is 372 g/mol. The molecule has 1 aliphatic carbocycles. The molecule has 1 saturated carbocycles. The van der Waals surface area contributed by atoms with Crippen LogP contribution >= 0.6 is 0 Å². The van der Waals surface area contributed by atoms with Gasteiger partial charge in [-0.2, -0.15) is 0 Å². The van der Waals surface area contributed by atoms with Crippen molar-refractivity contribution in [2.75, 3.05) is 32.8 Å². The van der Waals surface area contributed by atoms with E-state index < -0.39 is 0 Å². The number of nitrogens with zero attached hydrogens (tertiary/aromatic N) is 3. The number of ether oxygens (including phenoxy) is 1. The van der Waals surface area contributed by atoms with Crippen LogP contribution in [0.5, 0.6) is 0 Å². The van der Waals surface area contributed by atoms with E-state index in [1.807, 2.05) is 18.0 Å². The zero-order valence-corrected chi connectivity index (χ0v) is 16.6. The van der Waals surface area contributed by atoms with E-state index in [0.717, 1.165) is 31.8 Å². The molecule has 5 nitrogen and oxygen atoms in total. The molecule has 4 rings (SSSR count). The number of amides is 1. The van der Waals surface area contributed by atoms with Crippen LogP contribution in [-0.4, -0.2) is 59.7 Å². The Balaban J connectivity index is 1.31. The molecule has 3 heterocycles. The molecule has 3 aliphatic rings. The fourth-order valence-corrected chi connectivity index (χ4v) is 4.89. The van der Waals surface area contributed by atoms with Crippen LogP contribution in [0.15, 0.2) is 18.3 Å². The minimum Gasteiger partial charge on any atom is -0.450 e. The predicted octanol–water partition coefficient (Wildman–Crippen LogP) is 4.15. The Hall–Kier alpha value is -1.62. The Bertz CT molecular complexity index is 638. The number of hydrogen-bond donors (Lipinski definition) is 0. The fraction of sp³-hybridized carbons (Fsp3) is 0.727. The second-order valence-corrected chi connectivity index (χ2v) is 8.33. The maximum atomic E-state index is 12.0. The molecular weight excluding hydrogens is 338 g/mol. The Morgan fingerprint density at radius 1 is 1.07 bits per heavy atom. The second kappa shape index (κ2) is 8.59. The average Bonchev–Trinajstić information content (AvgIpc) is 3.55. The first kappa shape index (κ1) is 18.7. The van der Waals surface area contributed by atoms with Crippen molar-refractivity contribution in [2.24, 2.45) is 0 Å². The summed E-state index contributed by atoms with van der Waals surface area (Å²) in [6, 6.07) is 5.05. The molecule has 27 heavy (non-hydrogen) atoms. The maximum absolute atomic E-state index is 12.0. The van der Waals surface area contributed by atoms with Crippen molar-refractivity contribution in [3.05, 3.63) is 29.6 Å². The van der Waals surface area contributed by atoms with E-state index in [1.165, 1.54) is 56.5 Å². The van der Waals surface area contributed by atoms with Crippen molar-refractivity contribution in [1.29, 1.82) is 0 Å². The topological polar surface area (TPSA) is 45.7 Å². The first-order chi connectivity index (χ1) is 13.3. The Morgan fingerprint density at radius 3 is 2.63 bits per heavy atom. The fourth-order valence-electron chi connectivity index (χ4n) is 4.89. The Kier molecular flexibility index (Phi) is 5.96. The molecule has 5 heteroatoms. The largest absolute Gasteiger partial charge is 0.450 e. The number of rotatable bonds is 4. The van der Waals surface area contributed by atoms with Gasteiger partial charge in [0.15, 0.2) is 0 Å². The molecule has 1 aromatic rings. The molecule has 0 aromatic carbocycles. The zero-order chi connectivity index (χ0) is 18.6. The van der Waals surface area contributed by atoms with Crippen molar-refractivity contribution in [3.8, 4) is 0 Å². The van der Waals surface area contributed by atoms with Gasteiger partial charge in [0, 0.05) is 36.9 Å². The summed E-state index contributed by atoms with van der Waals surface area (Å²) in [5.41, 5.74) is 2.91. The van der Waals surface area contributed by atoms with Crippen LogP contribution in [0, 0.1) is 0 Å². The van der Waals surface area contributed by atoms with Gasteiger partial charge in [0.05, 0.1) is 6.61 Å². The number of carbonyl (C=O) groups excluding carboxylic acids is 1. The first-order valence-electron chi connectivity index (χ1n) is 10.9. The number of carbonyl (C=O) groups is 1. The van der Waals surface area contributed by atoms with E-state index in [4.69, 9.17) is 9.72 Å². The normalized spacial score (nSPS) is 25.2. The molecule has 3 fully saturated rings. The molecular formula is C22H33N3O2. The summed E-state index contributed by atoms with van der Waals surface area (Å²) >= 11 is 0. The highest BCUT2D eigenvalue weighted by atomic mass is 16.6. The highest BCUT2D eigenvalue weighted by molar-refractivity contribution is 5.67. The lowest BCUT2D eigenvalue weighted by Gasteiger charge is -2.38. The van der Waals surface area contributed by atoms with Crippen LogP contribution in [0.3, 0.4) is 0 Å². The first-order valence-corrected chi connectivity index (χ1v) is 10.9. The summed E-state index contributed by atoms with van der Waals surface area (Å²) in [4.78, 5) is 21.3. The van der Waals surface area contributed by atoms with E-state index in [0.29, 0.717) is 18.6 Å². The third-order valence-electron chi connectivity index (χ3n) is 6.54. The monoisotopic (exact) mass is 371 g/mol. The van der Waals surface area contributed by atoms with Crippen LogP contribution in [0.4, 0.5) is 4.79 Å². The van der Waals surface area contributed by atoms with E-state index in [1.54, 1.807) is 0 Å². The van der Waals surface area contributed by atoms with Gasteiger partial charge in [-0.05, 0) is 82.5 Å². The lowest BCUT2D eigenvalue weighted by Crippen LogP contribution is -2.42. The molecule has 1 atom stereocenters. The van der Waals surface area contributed by atoms with Crippen LogP contribution < -0.4 is 0 Å². The van der Waals surface area contributed by atoms with E-state index >= 15 is 0 Å². The number of likely N-dealkylation sites (tertiary alicyclic amines) is 2. The summed E-state index contributed by atoms with van der Waals surface area (Å²) in [6.07, 6.45) is 10.3. The van der Waals surface area contributed by atoms with Crippen LogP contribution in [-0.2, 0) is 4.74 Å². The minimum absolute atomic E-state index is 0.138. The smallest absolute Gasteiger partial charge is 0.409 e. The molecule has 0 radical (unpaired) electrons. The lowest BCUT2D eigenvalue weighted by atomic mass is 9.86. The van der Waals surface area contributed by atoms with Crippen LogP contribution in [0.1, 0.15) is 75.0 Å². The SMILES string of the molecule is CCOC(=O)N1CCCC(N2CCC(c3cccnc3C3CC3)CC2)CC1. The predicted molar refractivity (Wildman–Crippen MR) is 106 cm³/mol. The lowest BCUT2D eigenvalue weighted by molar-refractivity contribution is 0.105. The maximum Gasteiger partial charge on any atom is 0.409 e. The number of pyridine rings is 1. The molecule has 1 amide bonds. The van der Waals surface area contributed by atoms with Gasteiger partial charge in [0.1, 0.15) is 0 Å². The highest BCUT2D eigenvalue weighted by Crippen LogP contribution is 2.43. The van der Waals surface area contributed by atoms with Crippen molar-refractivity contribution in [1.82, 2.24) is 14.8 Å². The Labute approximate surface area is 163 Å². The molecule has 0 spiro atoms. The van der Waals surface area contributed by atoms with Gasteiger partial charge in [0.25, 0.3) is 0 Å². The molecule has 148 valence electrons. The molecule has 0 N–H and O–H groups in total. The summed E-state index contributed by atoms with van der Waals surface area (Å²) in [7, 11) is 0. The van der Waals surface area contributed by atoms with Gasteiger partial charge in [-0.1, -0.05) is 6.07 Å². The van der Waals surface area contributed by atoms with Gasteiger partial charge in [-0.3, -0.25) is 4.98 Å². The van der Waals surface area contributed by atoms with Crippen LogP contribution in [0.2, 0.25) is 0 Å². The van der Waals surface area contributed by atoms with Gasteiger partial charge < -0.3 is 14.5 Å². The number of hydrogen-bond acceptors (Lipinski definition) is 4. The standard InChI is InChI=1S/C22H33N3O2/c1-2-27-22(26)25-13-4-5-19(11-16-25)24-14-9-17(10-15-24)20-6-3-12-23-21(20)18-7-8-18/h3,6,12,17-19H,2,4-5,7-11,13-16H2,1H3. The summed E-state index contributed by atoms with van der Waals surface area (Å²) in [6.45, 7) is 6.36. The van der Waals surface area contributed by atoms with E-state index in [9.17, 15) is 4.79 Å². The summed E-state index contributed by atoms with van der Waals surface area (Å²) in [5.74, 6) is 1.40. The molecule has 2 saturated heterocycles. The van der Waals surface area contributed by atoms with E-state index in [-0.39, 0.29) is 6.09 Å². The highest BCUT2D eigenvalue weighted by Gasteiger charge is 2.33. The van der Waals surface area contributed by atoms with Crippen molar-refractivity contribution >= 4 is 6.09 Å². The van der Waals surface area contributed by atoms with E-state index in [2.05, 4.69) is 17.0 Å². The number of aromatic nitrogens is 1. The molecule has 2 aliphatic heterocycles. The number of piperidine rings is 1. The second-order valence-electron chi connectivity index (χ2n) is 8.33. The quantitative estimate of drug-likeness (QED) is 0.798. The molecule has 1 unspecified atom stereocenters. The van der Waals surface area contributed by atoms with Gasteiger partial charge in [-0.25, -0.2) is 4.79 Å². The van der Waals surface area contributed by atoms with Crippen molar-refractivity contribution in [3.63, 3.8) is 0 Å². The minimum atomic E-state index is -0.138. The summed E-state index contributed by atoms with van der Waals surface area (Å²) < 4.78 is 5.18. The Morgan fingerprint density at radius 2 is 1.89 bits per heavy atom. The van der Waals surface area contributed by atoms with Crippen molar-refractivity contribution < 1.29 is 9.53 Å².